The van der Waals surface area contributed by atoms with Crippen LogP contribution in [0, 0.1) is 15.9 Å². The number of halogens is 1. The molecular formula is C20H19FN4O6. The number of fused-ring (bicyclic) bond motifs is 1. The summed E-state index contributed by atoms with van der Waals surface area (Å²) in [6, 6.07) is 10.0. The molecule has 0 aliphatic rings. The van der Waals surface area contributed by atoms with Crippen LogP contribution < -0.4 is 11.0 Å². The number of aromatic nitrogens is 2. The molecule has 0 aliphatic carbocycles. The topological polar surface area (TPSA) is 125 Å². The minimum absolute atomic E-state index is 0.0108. The molecule has 1 atom stereocenters. The van der Waals surface area contributed by atoms with E-state index in [2.05, 4.69) is 5.32 Å². The Labute approximate surface area is 175 Å². The average Bonchev–Trinajstić information content (AvgIpc) is 2.98. The van der Waals surface area contributed by atoms with Crippen LogP contribution in [0.15, 0.2) is 47.3 Å². The first-order chi connectivity index (χ1) is 14.7. The molecule has 1 aromatic heterocycles. The van der Waals surface area contributed by atoms with Gasteiger partial charge in [-0.2, -0.15) is 4.39 Å². The van der Waals surface area contributed by atoms with Gasteiger partial charge in [0.15, 0.2) is 6.10 Å². The maximum absolute atomic E-state index is 13.4. The van der Waals surface area contributed by atoms with Gasteiger partial charge in [-0.15, -0.1) is 0 Å². The number of carbonyl (C=O) groups is 2. The second-order valence-corrected chi connectivity index (χ2v) is 6.78. The lowest BCUT2D eigenvalue weighted by Crippen LogP contribution is -2.31. The number of esters is 1. The lowest BCUT2D eigenvalue weighted by Gasteiger charge is -2.13. The number of imidazole rings is 1. The maximum Gasteiger partial charge on any atom is 0.328 e. The van der Waals surface area contributed by atoms with Crippen molar-refractivity contribution < 1.29 is 23.6 Å². The number of benzene rings is 2. The number of anilines is 1. The van der Waals surface area contributed by atoms with Crippen LogP contribution in [0.3, 0.4) is 0 Å². The Bertz CT molecular complexity index is 1230. The maximum atomic E-state index is 13.4. The molecule has 1 N–H and O–H groups in total. The Balaban J connectivity index is 1.60. The molecule has 1 heterocycles. The van der Waals surface area contributed by atoms with Crippen molar-refractivity contribution in [2.45, 2.75) is 26.0 Å². The molecule has 0 radical (unpaired) electrons. The standard InChI is InChI=1S/C20H19FN4O6/c1-12(19(27)22-13-7-8-14(21)17(11-13)25(29)30)31-18(26)9-10-24-16-6-4-3-5-15(16)23(2)20(24)28/h3-8,11-12H,9-10H2,1-2H3,(H,22,27). The van der Waals surface area contributed by atoms with Crippen LogP contribution in [0.2, 0.25) is 0 Å². The molecule has 0 saturated carbocycles. The Kier molecular flexibility index (Phi) is 6.14. The smallest absolute Gasteiger partial charge is 0.328 e. The van der Waals surface area contributed by atoms with Crippen LogP contribution in [0.25, 0.3) is 11.0 Å². The van der Waals surface area contributed by atoms with Crippen molar-refractivity contribution in [2.75, 3.05) is 5.32 Å². The van der Waals surface area contributed by atoms with Crippen molar-refractivity contribution in [3.8, 4) is 0 Å². The first-order valence-corrected chi connectivity index (χ1v) is 9.27. The lowest BCUT2D eigenvalue weighted by atomic mass is 10.2. The average molecular weight is 430 g/mol. The van der Waals surface area contributed by atoms with E-state index in [9.17, 15) is 28.9 Å². The number of rotatable bonds is 7. The second kappa shape index (κ2) is 8.78. The molecule has 1 amide bonds. The van der Waals surface area contributed by atoms with E-state index in [4.69, 9.17) is 4.74 Å². The number of nitro groups is 1. The Morgan fingerprint density at radius 1 is 1.23 bits per heavy atom. The zero-order valence-corrected chi connectivity index (χ0v) is 16.7. The summed E-state index contributed by atoms with van der Waals surface area (Å²) in [5.74, 6) is -2.48. The van der Waals surface area contributed by atoms with Gasteiger partial charge in [-0.1, -0.05) is 12.1 Å². The van der Waals surface area contributed by atoms with Gasteiger partial charge >= 0.3 is 17.3 Å². The van der Waals surface area contributed by atoms with Crippen molar-refractivity contribution >= 4 is 34.3 Å². The van der Waals surface area contributed by atoms with Crippen LogP contribution in [0.5, 0.6) is 0 Å². The number of amides is 1. The third-order valence-electron chi connectivity index (χ3n) is 4.68. The van der Waals surface area contributed by atoms with E-state index < -0.39 is 34.4 Å². The largest absolute Gasteiger partial charge is 0.452 e. The number of carbonyl (C=O) groups excluding carboxylic acids is 2. The molecule has 10 nitrogen and oxygen atoms in total. The quantitative estimate of drug-likeness (QED) is 0.348. The predicted molar refractivity (Wildman–Crippen MR) is 109 cm³/mol. The minimum Gasteiger partial charge on any atom is -0.452 e. The highest BCUT2D eigenvalue weighted by Crippen LogP contribution is 2.22. The van der Waals surface area contributed by atoms with Gasteiger partial charge < -0.3 is 10.1 Å². The summed E-state index contributed by atoms with van der Waals surface area (Å²) in [4.78, 5) is 46.6. The van der Waals surface area contributed by atoms with E-state index in [0.717, 1.165) is 23.7 Å². The van der Waals surface area contributed by atoms with E-state index in [1.54, 1.807) is 31.3 Å². The van der Waals surface area contributed by atoms with Gasteiger partial charge in [0.2, 0.25) is 5.82 Å². The van der Waals surface area contributed by atoms with Crippen molar-refractivity contribution in [3.63, 3.8) is 0 Å². The highest BCUT2D eigenvalue weighted by atomic mass is 19.1. The highest BCUT2D eigenvalue weighted by molar-refractivity contribution is 5.95. The van der Waals surface area contributed by atoms with Crippen LogP contribution in [0.4, 0.5) is 15.8 Å². The molecule has 0 bridgehead atoms. The fourth-order valence-corrected chi connectivity index (χ4v) is 3.07. The Morgan fingerprint density at radius 2 is 1.90 bits per heavy atom. The summed E-state index contributed by atoms with van der Waals surface area (Å²) in [5, 5.41) is 13.1. The van der Waals surface area contributed by atoms with Crippen LogP contribution in [-0.2, 0) is 27.9 Å². The summed E-state index contributed by atoms with van der Waals surface area (Å²) in [5.41, 5.74) is 0.317. The van der Waals surface area contributed by atoms with Crippen molar-refractivity contribution in [2.24, 2.45) is 7.05 Å². The lowest BCUT2D eigenvalue weighted by molar-refractivity contribution is -0.387. The number of hydrogen-bond acceptors (Lipinski definition) is 6. The fraction of sp³-hybridized carbons (Fsp3) is 0.250. The zero-order chi connectivity index (χ0) is 22.7. The van der Waals surface area contributed by atoms with Gasteiger partial charge in [0.1, 0.15) is 0 Å². The van der Waals surface area contributed by atoms with E-state index in [0.29, 0.717) is 5.52 Å². The molecule has 0 spiro atoms. The van der Waals surface area contributed by atoms with Crippen molar-refractivity contribution in [3.05, 3.63) is 68.9 Å². The van der Waals surface area contributed by atoms with Gasteiger partial charge in [0.25, 0.3) is 5.91 Å². The molecular weight excluding hydrogens is 411 g/mol. The van der Waals surface area contributed by atoms with Crippen LogP contribution in [0.1, 0.15) is 13.3 Å². The summed E-state index contributed by atoms with van der Waals surface area (Å²) >= 11 is 0. The van der Waals surface area contributed by atoms with E-state index >= 15 is 0 Å². The van der Waals surface area contributed by atoms with E-state index in [-0.39, 0.29) is 24.3 Å². The van der Waals surface area contributed by atoms with Crippen LogP contribution in [-0.4, -0.2) is 32.0 Å². The monoisotopic (exact) mass is 430 g/mol. The van der Waals surface area contributed by atoms with E-state index in [1.165, 1.54) is 16.1 Å². The highest BCUT2D eigenvalue weighted by Gasteiger charge is 2.21. The number of nitrogens with one attached hydrogen (secondary N) is 1. The number of hydrogen-bond donors (Lipinski definition) is 1. The van der Waals surface area contributed by atoms with Gasteiger partial charge in [0.05, 0.1) is 22.4 Å². The van der Waals surface area contributed by atoms with Gasteiger partial charge in [-0.05, 0) is 31.2 Å². The van der Waals surface area contributed by atoms with Gasteiger partial charge in [0, 0.05) is 25.3 Å². The molecule has 0 aliphatic heterocycles. The summed E-state index contributed by atoms with van der Waals surface area (Å²) in [6.45, 7) is 1.40. The molecule has 162 valence electrons. The number of aryl methyl sites for hydroxylation is 2. The first-order valence-electron chi connectivity index (χ1n) is 9.27. The number of ether oxygens (including phenoxy) is 1. The molecule has 0 fully saturated rings. The summed E-state index contributed by atoms with van der Waals surface area (Å²) in [7, 11) is 1.63. The van der Waals surface area contributed by atoms with E-state index in [1.807, 2.05) is 0 Å². The van der Waals surface area contributed by atoms with Crippen LogP contribution >= 0.6 is 0 Å². The first kappa shape index (κ1) is 21.7. The summed E-state index contributed by atoms with van der Waals surface area (Å²) in [6.07, 6.45) is -1.35. The van der Waals surface area contributed by atoms with Gasteiger partial charge in [-0.25, -0.2) is 4.79 Å². The third-order valence-corrected chi connectivity index (χ3v) is 4.68. The van der Waals surface area contributed by atoms with Crippen molar-refractivity contribution in [1.29, 1.82) is 0 Å². The molecule has 3 aromatic rings. The Morgan fingerprint density at radius 3 is 2.58 bits per heavy atom. The molecule has 0 saturated heterocycles. The summed E-state index contributed by atoms with van der Waals surface area (Å²) < 4.78 is 21.4. The third kappa shape index (κ3) is 4.60. The normalized spacial score (nSPS) is 11.8. The predicted octanol–water partition coefficient (Wildman–Crippen LogP) is 2.35. The fourth-order valence-electron chi connectivity index (χ4n) is 3.07. The molecule has 1 unspecified atom stereocenters. The minimum atomic E-state index is -1.21. The number of nitro benzene ring substituents is 1. The number of para-hydroxylation sites is 2. The molecule has 3 rings (SSSR count). The van der Waals surface area contributed by atoms with Gasteiger partial charge in [-0.3, -0.25) is 28.8 Å². The Hall–Kier alpha value is -4.02. The SMILES string of the molecule is CC(OC(=O)CCn1c(=O)n(C)c2ccccc21)C(=O)Nc1ccc(F)c([N+](=O)[O-])c1. The zero-order valence-electron chi connectivity index (χ0n) is 16.7. The molecule has 11 heteroatoms. The molecule has 31 heavy (non-hydrogen) atoms. The van der Waals surface area contributed by atoms with Crippen molar-refractivity contribution in [1.82, 2.24) is 9.13 Å². The number of nitrogens with zero attached hydrogens (tertiary/aromatic N) is 3. The second-order valence-electron chi connectivity index (χ2n) is 6.78. The molecule has 2 aromatic carbocycles.